The van der Waals surface area contributed by atoms with E-state index in [9.17, 15) is 9.59 Å². The molecule has 1 amide bonds. The molecule has 1 saturated heterocycles. The van der Waals surface area contributed by atoms with Gasteiger partial charge in [-0.3, -0.25) is 18.9 Å². The molecule has 0 aliphatic carbocycles. The summed E-state index contributed by atoms with van der Waals surface area (Å²) in [6, 6.07) is 13.0. The second-order valence-corrected chi connectivity index (χ2v) is 11.8. The second kappa shape index (κ2) is 13.1. The maximum absolute atomic E-state index is 15.3. The molecule has 5 aromatic rings. The summed E-state index contributed by atoms with van der Waals surface area (Å²) in [5, 5.41) is 5.89. The minimum Gasteiger partial charge on any atom is -0.493 e. The van der Waals surface area contributed by atoms with Gasteiger partial charge >= 0.3 is 5.69 Å². The zero-order valence-electron chi connectivity index (χ0n) is 25.3. The van der Waals surface area contributed by atoms with E-state index >= 15 is 4.39 Å². The number of benzene rings is 2. The molecule has 1 aliphatic heterocycles. The molecule has 10 nitrogen and oxygen atoms in total. The summed E-state index contributed by atoms with van der Waals surface area (Å²) in [7, 11) is 3.10. The number of methoxy groups -OCH3 is 1. The van der Waals surface area contributed by atoms with Crippen molar-refractivity contribution in [2.45, 2.75) is 26.2 Å². The summed E-state index contributed by atoms with van der Waals surface area (Å²) >= 11 is 1.39. The first-order valence-electron chi connectivity index (χ1n) is 14.8. The van der Waals surface area contributed by atoms with Gasteiger partial charge in [-0.1, -0.05) is 0 Å². The summed E-state index contributed by atoms with van der Waals surface area (Å²) in [5.41, 5.74) is 1.16. The molecule has 12 heteroatoms. The number of nitrogens with one attached hydrogen (secondary N) is 1. The summed E-state index contributed by atoms with van der Waals surface area (Å²) in [6.07, 6.45) is 5.01. The molecule has 45 heavy (non-hydrogen) atoms. The average Bonchev–Trinajstić information content (AvgIpc) is 3.79. The summed E-state index contributed by atoms with van der Waals surface area (Å²) in [5.74, 6) is 0.254. The second-order valence-electron chi connectivity index (χ2n) is 10.8. The molecule has 0 atom stereocenters. The summed E-state index contributed by atoms with van der Waals surface area (Å²) in [6.45, 7) is 5.56. The van der Waals surface area contributed by atoms with E-state index < -0.39 is 11.7 Å². The molecular weight excluding hydrogens is 597 g/mol. The zero-order chi connectivity index (χ0) is 31.5. The Balaban J connectivity index is 1.17. The average molecular weight is 632 g/mol. The van der Waals surface area contributed by atoms with Gasteiger partial charge in [0.25, 0.3) is 5.91 Å². The smallest absolute Gasteiger partial charge is 0.333 e. The predicted octanol–water partition coefficient (Wildman–Crippen LogP) is 6.15. The fourth-order valence-corrected chi connectivity index (χ4v) is 6.42. The lowest BCUT2D eigenvalue weighted by Crippen LogP contribution is -2.23. The van der Waals surface area contributed by atoms with E-state index in [1.807, 2.05) is 11.4 Å². The largest absolute Gasteiger partial charge is 0.493 e. The highest BCUT2D eigenvalue weighted by atomic mass is 32.1. The third kappa shape index (κ3) is 6.29. The van der Waals surface area contributed by atoms with E-state index in [0.29, 0.717) is 45.5 Å². The van der Waals surface area contributed by atoms with Crippen molar-refractivity contribution in [1.29, 1.82) is 0 Å². The number of carbonyl (C=O) groups excluding carboxylic acids is 1. The van der Waals surface area contributed by atoms with Gasteiger partial charge in [-0.05, 0) is 81.1 Å². The number of fused-ring (bicyclic) bond motifs is 1. The molecule has 1 fully saturated rings. The van der Waals surface area contributed by atoms with Crippen LogP contribution in [0.25, 0.3) is 15.9 Å². The Morgan fingerprint density at radius 2 is 1.89 bits per heavy atom. The third-order valence-corrected chi connectivity index (χ3v) is 8.76. The first-order valence-corrected chi connectivity index (χ1v) is 15.6. The van der Waals surface area contributed by atoms with E-state index in [1.165, 1.54) is 58.6 Å². The highest BCUT2D eigenvalue weighted by molar-refractivity contribution is 7.12. The van der Waals surface area contributed by atoms with Crippen molar-refractivity contribution in [2.24, 2.45) is 7.05 Å². The SMILES string of the molecule is COc1cc2c(Oc3ccc(NC(=O)c4c(C)n(-c5cccs5)c(=O)n4C)cc3F)ccnc2cc1OCCCN1CCCC1. The highest BCUT2D eigenvalue weighted by Crippen LogP contribution is 2.38. The van der Waals surface area contributed by atoms with Gasteiger partial charge in [0.15, 0.2) is 23.1 Å². The first-order chi connectivity index (χ1) is 21.8. The number of rotatable bonds is 11. The van der Waals surface area contributed by atoms with Crippen LogP contribution in [0.1, 0.15) is 35.4 Å². The van der Waals surface area contributed by atoms with Crippen molar-refractivity contribution >= 4 is 33.8 Å². The zero-order valence-corrected chi connectivity index (χ0v) is 26.2. The molecule has 0 saturated carbocycles. The van der Waals surface area contributed by atoms with E-state index in [4.69, 9.17) is 14.2 Å². The molecule has 0 radical (unpaired) electrons. The van der Waals surface area contributed by atoms with Gasteiger partial charge in [0.2, 0.25) is 0 Å². The monoisotopic (exact) mass is 631 g/mol. The van der Waals surface area contributed by atoms with Gasteiger partial charge in [-0.25, -0.2) is 9.18 Å². The molecule has 1 aliphatic rings. The third-order valence-electron chi connectivity index (χ3n) is 7.90. The molecule has 0 unspecified atom stereocenters. The van der Waals surface area contributed by atoms with Crippen molar-refractivity contribution in [3.63, 3.8) is 0 Å². The fourth-order valence-electron chi connectivity index (χ4n) is 5.65. The predicted molar refractivity (Wildman–Crippen MR) is 172 cm³/mol. The van der Waals surface area contributed by atoms with Gasteiger partial charge in [-0.2, -0.15) is 0 Å². The van der Waals surface area contributed by atoms with Crippen LogP contribution >= 0.6 is 11.3 Å². The van der Waals surface area contributed by atoms with E-state index in [-0.39, 0.29) is 22.8 Å². The van der Waals surface area contributed by atoms with Gasteiger partial charge < -0.3 is 24.4 Å². The van der Waals surface area contributed by atoms with Crippen molar-refractivity contribution < 1.29 is 23.4 Å². The first kappa shape index (κ1) is 30.4. The molecule has 2 aromatic carbocycles. The Kier molecular flexibility index (Phi) is 8.85. The minimum atomic E-state index is -0.676. The fraction of sp³-hybridized carbons (Fsp3) is 0.303. The molecule has 0 bridgehead atoms. The van der Waals surface area contributed by atoms with Crippen LogP contribution in [-0.2, 0) is 7.05 Å². The lowest BCUT2D eigenvalue weighted by Gasteiger charge is -2.16. The Morgan fingerprint density at radius 3 is 2.62 bits per heavy atom. The molecule has 234 valence electrons. The number of hydrogen-bond donors (Lipinski definition) is 1. The normalized spacial score (nSPS) is 13.3. The lowest BCUT2D eigenvalue weighted by molar-refractivity contribution is 0.101. The Bertz CT molecular complexity index is 1900. The number of halogens is 1. The number of anilines is 1. The minimum absolute atomic E-state index is 0.0332. The van der Waals surface area contributed by atoms with E-state index in [1.54, 1.807) is 44.5 Å². The molecule has 3 aromatic heterocycles. The Morgan fingerprint density at radius 1 is 1.07 bits per heavy atom. The van der Waals surface area contributed by atoms with Crippen LogP contribution in [0.5, 0.6) is 23.0 Å². The molecule has 4 heterocycles. The van der Waals surface area contributed by atoms with Gasteiger partial charge in [-0.15, -0.1) is 11.3 Å². The van der Waals surface area contributed by atoms with Crippen LogP contribution in [0.4, 0.5) is 10.1 Å². The number of thiophene rings is 1. The van der Waals surface area contributed by atoms with E-state index in [2.05, 4.69) is 15.2 Å². The number of ether oxygens (including phenoxy) is 3. The number of carbonyl (C=O) groups is 1. The number of amides is 1. The van der Waals surface area contributed by atoms with Crippen LogP contribution in [0.15, 0.2) is 64.9 Å². The van der Waals surface area contributed by atoms with Crippen molar-refractivity contribution in [3.05, 3.63) is 87.8 Å². The number of pyridine rings is 1. The lowest BCUT2D eigenvalue weighted by atomic mass is 10.1. The van der Waals surface area contributed by atoms with Crippen LogP contribution in [0.2, 0.25) is 0 Å². The number of nitrogens with zero attached hydrogens (tertiary/aromatic N) is 4. The Hall–Kier alpha value is -4.68. The van der Waals surface area contributed by atoms with Crippen molar-refractivity contribution in [2.75, 3.05) is 38.7 Å². The van der Waals surface area contributed by atoms with Crippen LogP contribution < -0.4 is 25.2 Å². The van der Waals surface area contributed by atoms with Gasteiger partial charge in [0, 0.05) is 43.0 Å². The highest BCUT2D eigenvalue weighted by Gasteiger charge is 2.23. The van der Waals surface area contributed by atoms with Crippen LogP contribution in [0.3, 0.4) is 0 Å². The summed E-state index contributed by atoms with van der Waals surface area (Å²) < 4.78 is 35.7. The van der Waals surface area contributed by atoms with Crippen molar-refractivity contribution in [1.82, 2.24) is 19.0 Å². The van der Waals surface area contributed by atoms with Crippen molar-refractivity contribution in [3.8, 4) is 28.0 Å². The topological polar surface area (TPSA) is 99.9 Å². The molecular formula is C33H34FN5O5S. The molecule has 1 N–H and O–H groups in total. The Labute approximate surface area is 263 Å². The van der Waals surface area contributed by atoms with E-state index in [0.717, 1.165) is 26.1 Å². The number of likely N-dealkylation sites (tertiary alicyclic amines) is 1. The van der Waals surface area contributed by atoms with Gasteiger partial charge in [0.05, 0.1) is 24.9 Å². The summed E-state index contributed by atoms with van der Waals surface area (Å²) in [4.78, 5) is 32.9. The quantitative estimate of drug-likeness (QED) is 0.175. The van der Waals surface area contributed by atoms with Gasteiger partial charge in [0.1, 0.15) is 16.4 Å². The number of hydrogen-bond acceptors (Lipinski definition) is 8. The van der Waals surface area contributed by atoms with Crippen LogP contribution in [0, 0.1) is 12.7 Å². The van der Waals surface area contributed by atoms with Crippen LogP contribution in [-0.4, -0.2) is 58.3 Å². The standard InChI is InChI=1S/C33H34FN5O5S/c1-21-31(37(2)33(41)39(21)30-8-6-17-45-30)32(40)36-22-9-10-27(24(34)18-22)44-26-11-12-35-25-20-29(28(42-3)19-23(25)26)43-16-7-15-38-13-4-5-14-38/h6,8-12,17-20H,4-5,7,13-16H2,1-3H3,(H,36,40). The maximum atomic E-state index is 15.3. The maximum Gasteiger partial charge on any atom is 0.333 e. The molecule has 6 rings (SSSR count). The number of aromatic nitrogens is 3. The number of imidazole rings is 1. The molecule has 0 spiro atoms.